The summed E-state index contributed by atoms with van der Waals surface area (Å²) < 4.78 is 0. The number of Topliss-reactive ketones (excluding diaryl/α,β-unsaturated/α-hetero) is 2. The summed E-state index contributed by atoms with van der Waals surface area (Å²) in [6.45, 7) is 0. The maximum Gasteiger partial charge on any atom is 0.234 e. The van der Waals surface area contributed by atoms with E-state index in [1.165, 1.54) is 6.07 Å². The summed E-state index contributed by atoms with van der Waals surface area (Å²) in [5, 5.41) is 0. The summed E-state index contributed by atoms with van der Waals surface area (Å²) in [5.74, 6) is -1.14. The van der Waals surface area contributed by atoms with E-state index < -0.39 is 11.6 Å². The molecule has 4 heteroatoms. The van der Waals surface area contributed by atoms with Gasteiger partial charge in [-0.25, -0.2) is 0 Å². The third-order valence-electron chi connectivity index (χ3n) is 3.75. The maximum atomic E-state index is 12.7. The minimum absolute atomic E-state index is 0.286. The smallest absolute Gasteiger partial charge is 0.234 e. The van der Waals surface area contributed by atoms with Gasteiger partial charge in [0.1, 0.15) is 0 Å². The Morgan fingerprint density at radius 3 is 1.96 bits per heavy atom. The zero-order chi connectivity index (χ0) is 17.1. The van der Waals surface area contributed by atoms with Crippen molar-refractivity contribution in [3.05, 3.63) is 83.9 Å². The normalized spacial score (nSPS) is 10.3. The van der Waals surface area contributed by atoms with Crippen molar-refractivity contribution in [2.45, 2.75) is 0 Å². The van der Waals surface area contributed by atoms with Crippen LogP contribution in [-0.2, 0) is 0 Å². The minimum atomic E-state index is -0.583. The Hall–Kier alpha value is -3.40. The predicted molar refractivity (Wildman–Crippen MR) is 95.8 cm³/mol. The van der Waals surface area contributed by atoms with Gasteiger partial charge in [-0.05, 0) is 35.4 Å². The first-order valence-electron chi connectivity index (χ1n) is 7.46. The van der Waals surface area contributed by atoms with Gasteiger partial charge in [0, 0.05) is 22.5 Å². The summed E-state index contributed by atoms with van der Waals surface area (Å²) in [7, 11) is 0. The Morgan fingerprint density at radius 2 is 1.29 bits per heavy atom. The molecule has 0 unspecified atom stereocenters. The molecule has 3 aromatic rings. The van der Waals surface area contributed by atoms with Gasteiger partial charge < -0.3 is 11.5 Å². The molecule has 0 bridgehead atoms. The lowest BCUT2D eigenvalue weighted by Gasteiger charge is -2.10. The van der Waals surface area contributed by atoms with Crippen LogP contribution in [0.3, 0.4) is 0 Å². The number of carbonyl (C=O) groups is 2. The second-order valence-corrected chi connectivity index (χ2v) is 5.45. The molecule has 0 saturated heterocycles. The predicted octanol–water partition coefficient (Wildman–Crippen LogP) is 3.58. The van der Waals surface area contributed by atoms with Gasteiger partial charge in [0.05, 0.1) is 0 Å². The van der Waals surface area contributed by atoms with Crippen molar-refractivity contribution in [3.8, 4) is 11.1 Å². The fourth-order valence-electron chi connectivity index (χ4n) is 2.51. The standard InChI is InChI=1S/C20H16N2O2/c21-15-8-6-13(7-9-15)17-11-10-16(22)12-18(17)20(24)19(23)14-4-2-1-3-5-14/h1-12H,21-22H2. The summed E-state index contributed by atoms with van der Waals surface area (Å²) in [4.78, 5) is 25.2. The zero-order valence-corrected chi connectivity index (χ0v) is 12.9. The lowest BCUT2D eigenvalue weighted by molar-refractivity contribution is 0.0817. The molecule has 4 nitrogen and oxygen atoms in total. The monoisotopic (exact) mass is 316 g/mol. The molecule has 118 valence electrons. The van der Waals surface area contributed by atoms with E-state index in [9.17, 15) is 9.59 Å². The molecule has 3 aromatic carbocycles. The Labute approximate surface area is 139 Å². The summed E-state index contributed by atoms with van der Waals surface area (Å²) in [6.07, 6.45) is 0. The van der Waals surface area contributed by atoms with Crippen molar-refractivity contribution < 1.29 is 9.59 Å². The summed E-state index contributed by atoms with van der Waals surface area (Å²) in [6, 6.07) is 20.6. The van der Waals surface area contributed by atoms with Crippen molar-refractivity contribution in [3.63, 3.8) is 0 Å². The van der Waals surface area contributed by atoms with E-state index in [-0.39, 0.29) is 5.56 Å². The number of carbonyl (C=O) groups excluding carboxylic acids is 2. The lowest BCUT2D eigenvalue weighted by atomic mass is 9.93. The van der Waals surface area contributed by atoms with Crippen molar-refractivity contribution in [2.75, 3.05) is 11.5 Å². The summed E-state index contributed by atoms with van der Waals surface area (Å²) in [5.41, 5.74) is 14.7. The Morgan fingerprint density at radius 1 is 0.667 bits per heavy atom. The first-order valence-corrected chi connectivity index (χ1v) is 7.46. The molecule has 0 aliphatic rings. The SMILES string of the molecule is Nc1ccc(-c2ccc(N)cc2C(=O)C(=O)c2ccccc2)cc1. The number of rotatable bonds is 4. The molecule has 0 aliphatic heterocycles. The zero-order valence-electron chi connectivity index (χ0n) is 12.9. The first-order chi connectivity index (χ1) is 11.6. The van der Waals surface area contributed by atoms with Crippen molar-refractivity contribution in [2.24, 2.45) is 0 Å². The first kappa shape index (κ1) is 15.5. The van der Waals surface area contributed by atoms with Crippen molar-refractivity contribution in [1.82, 2.24) is 0 Å². The fraction of sp³-hybridized carbons (Fsp3) is 0. The molecule has 24 heavy (non-hydrogen) atoms. The molecule has 0 radical (unpaired) electrons. The Bertz CT molecular complexity index is 901. The molecular weight excluding hydrogens is 300 g/mol. The van der Waals surface area contributed by atoms with Crippen LogP contribution >= 0.6 is 0 Å². The van der Waals surface area contributed by atoms with Crippen LogP contribution in [0.15, 0.2) is 72.8 Å². The van der Waals surface area contributed by atoms with Gasteiger partial charge >= 0.3 is 0 Å². The highest BCUT2D eigenvalue weighted by Crippen LogP contribution is 2.27. The molecule has 0 atom stereocenters. The highest BCUT2D eigenvalue weighted by atomic mass is 16.2. The van der Waals surface area contributed by atoms with E-state index in [0.29, 0.717) is 22.5 Å². The number of anilines is 2. The van der Waals surface area contributed by atoms with E-state index in [1.54, 1.807) is 54.6 Å². The highest BCUT2D eigenvalue weighted by Gasteiger charge is 2.21. The average molecular weight is 316 g/mol. The molecule has 4 N–H and O–H groups in total. The van der Waals surface area contributed by atoms with E-state index in [2.05, 4.69) is 0 Å². The highest BCUT2D eigenvalue weighted by molar-refractivity contribution is 6.50. The molecular formula is C20H16N2O2. The minimum Gasteiger partial charge on any atom is -0.399 e. The maximum absolute atomic E-state index is 12.7. The number of nitrogens with two attached hydrogens (primary N) is 2. The van der Waals surface area contributed by atoms with Crippen LogP contribution in [0, 0.1) is 0 Å². The van der Waals surface area contributed by atoms with Crippen LogP contribution in [0.1, 0.15) is 20.7 Å². The lowest BCUT2D eigenvalue weighted by Crippen LogP contribution is -2.15. The fourth-order valence-corrected chi connectivity index (χ4v) is 2.51. The molecule has 0 aliphatic carbocycles. The van der Waals surface area contributed by atoms with Crippen LogP contribution in [0.2, 0.25) is 0 Å². The number of ketones is 2. The van der Waals surface area contributed by atoms with Gasteiger partial charge in [0.2, 0.25) is 11.6 Å². The molecule has 3 rings (SSSR count). The number of hydrogen-bond donors (Lipinski definition) is 2. The quantitative estimate of drug-likeness (QED) is 0.437. The number of nitrogen functional groups attached to an aromatic ring is 2. The Balaban J connectivity index is 2.07. The van der Waals surface area contributed by atoms with E-state index in [0.717, 1.165) is 5.56 Å². The van der Waals surface area contributed by atoms with E-state index in [4.69, 9.17) is 11.5 Å². The van der Waals surface area contributed by atoms with Crippen molar-refractivity contribution >= 4 is 22.9 Å². The van der Waals surface area contributed by atoms with Gasteiger partial charge in [-0.3, -0.25) is 9.59 Å². The molecule has 0 spiro atoms. The molecule has 0 heterocycles. The molecule has 0 saturated carbocycles. The topological polar surface area (TPSA) is 86.2 Å². The van der Waals surface area contributed by atoms with Gasteiger partial charge in [-0.1, -0.05) is 48.5 Å². The molecule has 0 fully saturated rings. The summed E-state index contributed by atoms with van der Waals surface area (Å²) >= 11 is 0. The van der Waals surface area contributed by atoms with E-state index >= 15 is 0 Å². The largest absolute Gasteiger partial charge is 0.399 e. The van der Waals surface area contributed by atoms with Gasteiger partial charge in [0.15, 0.2) is 0 Å². The van der Waals surface area contributed by atoms with Crippen molar-refractivity contribution in [1.29, 1.82) is 0 Å². The van der Waals surface area contributed by atoms with Crippen LogP contribution in [-0.4, -0.2) is 11.6 Å². The van der Waals surface area contributed by atoms with Crippen LogP contribution < -0.4 is 11.5 Å². The number of benzene rings is 3. The Kier molecular flexibility index (Phi) is 4.12. The second kappa shape index (κ2) is 6.38. The second-order valence-electron chi connectivity index (χ2n) is 5.45. The van der Waals surface area contributed by atoms with Gasteiger partial charge in [-0.15, -0.1) is 0 Å². The third kappa shape index (κ3) is 3.03. The van der Waals surface area contributed by atoms with Crippen LogP contribution in [0.4, 0.5) is 11.4 Å². The van der Waals surface area contributed by atoms with Gasteiger partial charge in [-0.2, -0.15) is 0 Å². The van der Waals surface area contributed by atoms with Gasteiger partial charge in [0.25, 0.3) is 0 Å². The number of hydrogen-bond acceptors (Lipinski definition) is 4. The van der Waals surface area contributed by atoms with Crippen LogP contribution in [0.5, 0.6) is 0 Å². The molecule has 0 amide bonds. The third-order valence-corrected chi connectivity index (χ3v) is 3.75. The van der Waals surface area contributed by atoms with E-state index in [1.807, 2.05) is 12.1 Å². The average Bonchev–Trinajstić information content (AvgIpc) is 2.62. The molecule has 0 aromatic heterocycles. The van der Waals surface area contributed by atoms with Crippen LogP contribution in [0.25, 0.3) is 11.1 Å².